The van der Waals surface area contributed by atoms with E-state index >= 15 is 0 Å². The first kappa shape index (κ1) is 16.4. The molecule has 3 nitrogen and oxygen atoms in total. The zero-order valence-electron chi connectivity index (χ0n) is 10.0. The van der Waals surface area contributed by atoms with Crippen LogP contribution in [0.2, 0.25) is 0 Å². The molecule has 4 heteroatoms. The van der Waals surface area contributed by atoms with E-state index < -0.39 is 0 Å². The summed E-state index contributed by atoms with van der Waals surface area (Å²) < 4.78 is 0. The first-order valence-electron chi connectivity index (χ1n) is 4.69. The third-order valence-corrected chi connectivity index (χ3v) is 1.78. The van der Waals surface area contributed by atoms with Crippen molar-refractivity contribution >= 4 is 6.34 Å². The Hall–Kier alpha value is -0.0505. The molecule has 14 heavy (non-hydrogen) atoms. The quantitative estimate of drug-likeness (QED) is 0.425. The van der Waals surface area contributed by atoms with Crippen molar-refractivity contribution in [2.24, 2.45) is 4.99 Å². The van der Waals surface area contributed by atoms with Gasteiger partial charge in [-0.15, -0.1) is 6.34 Å². The SMILES string of the molecule is CC(C[N-]C=NC(C)(C)C)N(C)C.[Cu+]. The second-order valence-electron chi connectivity index (χ2n) is 4.59. The number of hydrogen-bond acceptors (Lipinski definition) is 2. The summed E-state index contributed by atoms with van der Waals surface area (Å²) in [5.74, 6) is 0. The molecular formula is C10H22CuN3. The van der Waals surface area contributed by atoms with Gasteiger partial charge in [-0.1, -0.05) is 20.8 Å². The fourth-order valence-corrected chi connectivity index (χ4v) is 0.577. The van der Waals surface area contributed by atoms with E-state index in [1.54, 1.807) is 6.34 Å². The predicted molar refractivity (Wildman–Crippen MR) is 59.6 cm³/mol. The van der Waals surface area contributed by atoms with Crippen LogP contribution in [-0.2, 0) is 17.1 Å². The van der Waals surface area contributed by atoms with Gasteiger partial charge in [0.2, 0.25) is 0 Å². The Kier molecular flexibility index (Phi) is 8.51. The Labute approximate surface area is 98.8 Å². The number of hydrogen-bond donors (Lipinski definition) is 0. The van der Waals surface area contributed by atoms with Gasteiger partial charge >= 0.3 is 17.1 Å². The molecule has 1 atom stereocenters. The molecule has 0 saturated carbocycles. The molecule has 0 bridgehead atoms. The summed E-state index contributed by atoms with van der Waals surface area (Å²) in [5, 5.41) is 4.24. The first-order chi connectivity index (χ1) is 5.83. The third-order valence-electron chi connectivity index (χ3n) is 1.78. The summed E-state index contributed by atoms with van der Waals surface area (Å²) in [6.07, 6.45) is 1.68. The van der Waals surface area contributed by atoms with Crippen LogP contribution in [-0.4, -0.2) is 43.5 Å². The normalized spacial score (nSPS) is 14.2. The molecular weight excluding hydrogens is 226 g/mol. The van der Waals surface area contributed by atoms with Gasteiger partial charge in [0.05, 0.1) is 0 Å². The molecule has 0 rings (SSSR count). The van der Waals surface area contributed by atoms with Crippen molar-refractivity contribution in [2.75, 3.05) is 20.6 Å². The molecule has 0 spiro atoms. The van der Waals surface area contributed by atoms with Gasteiger partial charge in [-0.05, 0) is 33.1 Å². The third kappa shape index (κ3) is 10.0. The molecule has 88 valence electrons. The average Bonchev–Trinajstić information content (AvgIpc) is 1.95. The summed E-state index contributed by atoms with van der Waals surface area (Å²) in [6.45, 7) is 9.15. The molecule has 0 aromatic carbocycles. The molecule has 0 heterocycles. The maximum absolute atomic E-state index is 4.28. The zero-order chi connectivity index (χ0) is 10.5. The minimum atomic E-state index is -0.00907. The van der Waals surface area contributed by atoms with E-state index in [2.05, 4.69) is 57.0 Å². The van der Waals surface area contributed by atoms with E-state index in [4.69, 9.17) is 0 Å². The Morgan fingerprint density at radius 2 is 1.86 bits per heavy atom. The van der Waals surface area contributed by atoms with Crippen LogP contribution in [0.5, 0.6) is 0 Å². The molecule has 0 aromatic heterocycles. The van der Waals surface area contributed by atoms with Gasteiger partial charge < -0.3 is 15.2 Å². The van der Waals surface area contributed by atoms with Crippen molar-refractivity contribution in [3.63, 3.8) is 0 Å². The van der Waals surface area contributed by atoms with Crippen LogP contribution in [0.25, 0.3) is 5.32 Å². The number of likely N-dealkylation sites (N-methyl/N-ethyl adjacent to an activating group) is 1. The van der Waals surface area contributed by atoms with E-state index in [9.17, 15) is 0 Å². The summed E-state index contributed by atoms with van der Waals surface area (Å²) in [5.41, 5.74) is -0.00907. The molecule has 0 aromatic rings. The molecule has 0 radical (unpaired) electrons. The average molecular weight is 248 g/mol. The van der Waals surface area contributed by atoms with Crippen molar-refractivity contribution in [1.82, 2.24) is 4.90 Å². The van der Waals surface area contributed by atoms with E-state index in [0.29, 0.717) is 6.04 Å². The molecule has 0 amide bonds. The second-order valence-corrected chi connectivity index (χ2v) is 4.59. The van der Waals surface area contributed by atoms with E-state index in [0.717, 1.165) is 6.54 Å². The van der Waals surface area contributed by atoms with Crippen LogP contribution < -0.4 is 0 Å². The zero-order valence-corrected chi connectivity index (χ0v) is 10.9. The van der Waals surface area contributed by atoms with Crippen molar-refractivity contribution < 1.29 is 17.1 Å². The number of aliphatic imine (C=N–C) groups is 1. The predicted octanol–water partition coefficient (Wildman–Crippen LogP) is 2.13. The van der Waals surface area contributed by atoms with Crippen molar-refractivity contribution in [1.29, 1.82) is 0 Å². The first-order valence-corrected chi connectivity index (χ1v) is 4.69. The number of rotatable bonds is 4. The maximum Gasteiger partial charge on any atom is 1.00 e. The van der Waals surface area contributed by atoms with Crippen LogP contribution in [0.15, 0.2) is 4.99 Å². The topological polar surface area (TPSA) is 29.7 Å². The summed E-state index contributed by atoms with van der Waals surface area (Å²) in [4.78, 5) is 6.42. The second kappa shape index (κ2) is 7.27. The Morgan fingerprint density at radius 3 is 2.21 bits per heavy atom. The van der Waals surface area contributed by atoms with Gasteiger partial charge in [0.15, 0.2) is 0 Å². The van der Waals surface area contributed by atoms with Crippen molar-refractivity contribution in [3.05, 3.63) is 5.32 Å². The van der Waals surface area contributed by atoms with Gasteiger partial charge in [-0.25, -0.2) is 0 Å². The summed E-state index contributed by atoms with van der Waals surface area (Å²) in [7, 11) is 4.11. The standard InChI is InChI=1S/C10H22N3.Cu/c1-9(13(5)6)7-11-8-12-10(2,3)4;/h8-9H,7H2,1-6H3;/q-1;+1. The fourth-order valence-electron chi connectivity index (χ4n) is 0.577. The van der Waals surface area contributed by atoms with Crippen LogP contribution in [0, 0.1) is 0 Å². The fraction of sp³-hybridized carbons (Fsp3) is 0.900. The Balaban J connectivity index is 0. The Morgan fingerprint density at radius 1 is 1.36 bits per heavy atom. The van der Waals surface area contributed by atoms with E-state index in [1.165, 1.54) is 0 Å². The summed E-state index contributed by atoms with van der Waals surface area (Å²) >= 11 is 0. The molecule has 0 aliphatic heterocycles. The van der Waals surface area contributed by atoms with Gasteiger partial charge in [-0.3, -0.25) is 0 Å². The molecule has 1 unspecified atom stereocenters. The van der Waals surface area contributed by atoms with Crippen molar-refractivity contribution in [3.8, 4) is 0 Å². The van der Waals surface area contributed by atoms with Crippen LogP contribution in [0.4, 0.5) is 0 Å². The van der Waals surface area contributed by atoms with Crippen LogP contribution >= 0.6 is 0 Å². The summed E-state index contributed by atoms with van der Waals surface area (Å²) in [6, 6.07) is 0.478. The number of nitrogens with zero attached hydrogens (tertiary/aromatic N) is 3. The Bertz CT molecular complexity index is 161. The van der Waals surface area contributed by atoms with E-state index in [-0.39, 0.29) is 22.6 Å². The van der Waals surface area contributed by atoms with Gasteiger partial charge in [0, 0.05) is 6.04 Å². The minimum absolute atomic E-state index is 0. The molecule has 0 saturated heterocycles. The molecule has 0 aliphatic rings. The van der Waals surface area contributed by atoms with Gasteiger partial charge in [-0.2, -0.15) is 0 Å². The molecule has 0 N–H and O–H groups in total. The van der Waals surface area contributed by atoms with E-state index in [1.807, 2.05) is 0 Å². The monoisotopic (exact) mass is 247 g/mol. The minimum Gasteiger partial charge on any atom is -0.470 e. The van der Waals surface area contributed by atoms with Gasteiger partial charge in [0.25, 0.3) is 0 Å². The van der Waals surface area contributed by atoms with Crippen molar-refractivity contribution in [2.45, 2.75) is 39.3 Å². The van der Waals surface area contributed by atoms with Gasteiger partial charge in [0.1, 0.15) is 0 Å². The molecule has 0 fully saturated rings. The smallest absolute Gasteiger partial charge is 0.470 e. The van der Waals surface area contributed by atoms with Crippen LogP contribution in [0.3, 0.4) is 0 Å². The maximum atomic E-state index is 4.28. The molecule has 0 aliphatic carbocycles. The van der Waals surface area contributed by atoms with Crippen LogP contribution in [0.1, 0.15) is 27.7 Å². The largest absolute Gasteiger partial charge is 1.00 e.